The molecule has 0 unspecified atom stereocenters. The van der Waals surface area contributed by atoms with Crippen LogP contribution in [-0.4, -0.2) is 34.8 Å². The highest BCUT2D eigenvalue weighted by Gasteiger charge is 2.28. The first-order chi connectivity index (χ1) is 9.04. The second-order valence-corrected chi connectivity index (χ2v) is 6.42. The number of aryl methyl sites for hydroxylation is 2. The monoisotopic (exact) mass is 277 g/mol. The van der Waals surface area contributed by atoms with Gasteiger partial charge >= 0.3 is 0 Å². The maximum Gasteiger partial charge on any atom is 0.141 e. The van der Waals surface area contributed by atoms with Crippen LogP contribution in [0.2, 0.25) is 0 Å². The van der Waals surface area contributed by atoms with E-state index in [9.17, 15) is 5.11 Å². The number of fused-ring (bicyclic) bond motifs is 1. The van der Waals surface area contributed by atoms with Crippen LogP contribution in [0.25, 0.3) is 10.2 Å². The molecule has 1 saturated carbocycles. The lowest BCUT2D eigenvalue weighted by Gasteiger charge is -2.35. The highest BCUT2D eigenvalue weighted by Crippen LogP contribution is 2.33. The molecule has 5 heteroatoms. The van der Waals surface area contributed by atoms with E-state index in [1.54, 1.807) is 11.3 Å². The van der Waals surface area contributed by atoms with Gasteiger partial charge in [-0.25, -0.2) is 9.97 Å². The molecular formula is C14H19N3OS. The number of anilines is 1. The molecular weight excluding hydrogens is 258 g/mol. The van der Waals surface area contributed by atoms with Gasteiger partial charge in [0.1, 0.15) is 16.5 Å². The van der Waals surface area contributed by atoms with Crippen molar-refractivity contribution in [2.75, 3.05) is 18.5 Å². The van der Waals surface area contributed by atoms with E-state index in [2.05, 4.69) is 34.2 Å². The van der Waals surface area contributed by atoms with Crippen molar-refractivity contribution in [3.63, 3.8) is 0 Å². The van der Waals surface area contributed by atoms with Gasteiger partial charge in [0.2, 0.25) is 0 Å². The van der Waals surface area contributed by atoms with E-state index < -0.39 is 0 Å². The molecule has 1 aliphatic carbocycles. The fourth-order valence-corrected chi connectivity index (χ4v) is 3.73. The van der Waals surface area contributed by atoms with Gasteiger partial charge in [0.15, 0.2) is 0 Å². The Morgan fingerprint density at radius 2 is 2.11 bits per heavy atom. The third kappa shape index (κ3) is 2.32. The predicted octanol–water partition coefficient (Wildman–Crippen LogP) is 2.52. The van der Waals surface area contributed by atoms with E-state index in [1.807, 2.05) is 6.92 Å². The number of thiophene rings is 1. The van der Waals surface area contributed by atoms with Gasteiger partial charge in [-0.1, -0.05) is 0 Å². The van der Waals surface area contributed by atoms with E-state index >= 15 is 0 Å². The quantitative estimate of drug-likeness (QED) is 0.936. The minimum Gasteiger partial charge on any atom is -0.393 e. The minimum atomic E-state index is -0.0894. The summed E-state index contributed by atoms with van der Waals surface area (Å²) in [5.74, 6) is 2.44. The fourth-order valence-electron chi connectivity index (χ4n) is 2.77. The smallest absolute Gasteiger partial charge is 0.141 e. The average Bonchev–Trinajstić information content (AvgIpc) is 2.68. The second kappa shape index (κ2) is 4.72. The number of aromatic nitrogens is 2. The molecule has 2 aromatic rings. The van der Waals surface area contributed by atoms with Crippen molar-refractivity contribution in [3.05, 3.63) is 16.8 Å². The van der Waals surface area contributed by atoms with Gasteiger partial charge in [0.05, 0.1) is 11.5 Å². The molecule has 0 aliphatic heterocycles. The van der Waals surface area contributed by atoms with Crippen molar-refractivity contribution in [3.8, 4) is 0 Å². The van der Waals surface area contributed by atoms with Gasteiger partial charge < -0.3 is 10.0 Å². The minimum absolute atomic E-state index is 0.0894. The molecule has 1 aliphatic rings. The molecule has 102 valence electrons. The number of rotatable bonds is 3. The first kappa shape index (κ1) is 12.8. The lowest BCUT2D eigenvalue weighted by molar-refractivity contribution is 0.0464. The number of nitrogens with zero attached hydrogens (tertiary/aromatic N) is 3. The summed E-state index contributed by atoms with van der Waals surface area (Å²) in [6.07, 6.45) is 1.74. The highest BCUT2D eigenvalue weighted by atomic mass is 32.1. The number of aliphatic hydroxyl groups excluding tert-OH is 1. The molecule has 0 aromatic carbocycles. The summed E-state index contributed by atoms with van der Waals surface area (Å²) < 4.78 is 0. The third-order valence-corrected chi connectivity index (χ3v) is 4.80. The zero-order chi connectivity index (χ0) is 13.6. The Balaban J connectivity index is 1.92. The SMILES string of the molecule is Cc1nc(N(C)CC2CC(O)C2)c2c(C)csc2n1. The first-order valence-corrected chi connectivity index (χ1v) is 7.54. The fraction of sp³-hybridized carbons (Fsp3) is 0.571. The summed E-state index contributed by atoms with van der Waals surface area (Å²) in [4.78, 5) is 12.4. The van der Waals surface area contributed by atoms with Crippen molar-refractivity contribution in [2.24, 2.45) is 5.92 Å². The van der Waals surface area contributed by atoms with E-state index in [4.69, 9.17) is 0 Å². The largest absolute Gasteiger partial charge is 0.393 e. The average molecular weight is 277 g/mol. The molecule has 4 nitrogen and oxygen atoms in total. The Kier molecular flexibility index (Phi) is 3.19. The summed E-state index contributed by atoms with van der Waals surface area (Å²) in [6, 6.07) is 0. The zero-order valence-corrected chi connectivity index (χ0v) is 12.4. The van der Waals surface area contributed by atoms with E-state index in [0.717, 1.165) is 35.9 Å². The van der Waals surface area contributed by atoms with Crippen LogP contribution in [0.4, 0.5) is 5.82 Å². The molecule has 1 fully saturated rings. The molecule has 0 radical (unpaired) electrons. The number of hydrogen-bond donors (Lipinski definition) is 1. The molecule has 0 saturated heterocycles. The molecule has 0 atom stereocenters. The lowest BCUT2D eigenvalue weighted by atomic mass is 9.82. The van der Waals surface area contributed by atoms with Gasteiger partial charge in [0, 0.05) is 13.6 Å². The molecule has 0 amide bonds. The molecule has 19 heavy (non-hydrogen) atoms. The van der Waals surface area contributed by atoms with Crippen LogP contribution in [0, 0.1) is 19.8 Å². The maximum atomic E-state index is 9.39. The number of aliphatic hydroxyl groups is 1. The van der Waals surface area contributed by atoms with Gasteiger partial charge in [-0.3, -0.25) is 0 Å². The van der Waals surface area contributed by atoms with E-state index in [-0.39, 0.29) is 6.10 Å². The standard InChI is InChI=1S/C14H19N3OS/c1-8-7-19-14-12(8)13(15-9(2)16-14)17(3)6-10-4-11(18)5-10/h7,10-11,18H,4-6H2,1-3H3. The Morgan fingerprint density at radius 3 is 2.79 bits per heavy atom. The lowest BCUT2D eigenvalue weighted by Crippen LogP contribution is -2.37. The van der Waals surface area contributed by atoms with Crippen LogP contribution in [0.5, 0.6) is 0 Å². The van der Waals surface area contributed by atoms with Gasteiger partial charge in [0.25, 0.3) is 0 Å². The second-order valence-electron chi connectivity index (χ2n) is 5.57. The van der Waals surface area contributed by atoms with E-state index in [1.165, 1.54) is 10.9 Å². The molecule has 2 aromatic heterocycles. The van der Waals surface area contributed by atoms with Crippen molar-refractivity contribution >= 4 is 27.4 Å². The Labute approximate surface area is 117 Å². The first-order valence-electron chi connectivity index (χ1n) is 6.66. The summed E-state index contributed by atoms with van der Waals surface area (Å²) in [6.45, 7) is 5.01. The normalized spacial score (nSPS) is 22.5. The molecule has 0 bridgehead atoms. The predicted molar refractivity (Wildman–Crippen MR) is 78.9 cm³/mol. The van der Waals surface area contributed by atoms with Crippen LogP contribution < -0.4 is 4.90 Å². The molecule has 0 spiro atoms. The van der Waals surface area contributed by atoms with E-state index in [0.29, 0.717) is 5.92 Å². The topological polar surface area (TPSA) is 49.2 Å². The van der Waals surface area contributed by atoms with Gasteiger partial charge in [-0.2, -0.15) is 0 Å². The van der Waals surface area contributed by atoms with Crippen LogP contribution in [0.3, 0.4) is 0 Å². The van der Waals surface area contributed by atoms with Crippen LogP contribution in [-0.2, 0) is 0 Å². The summed E-state index contributed by atoms with van der Waals surface area (Å²) in [5, 5.41) is 12.7. The Morgan fingerprint density at radius 1 is 1.37 bits per heavy atom. The van der Waals surface area contributed by atoms with Crippen molar-refractivity contribution in [2.45, 2.75) is 32.8 Å². The van der Waals surface area contributed by atoms with Gasteiger partial charge in [-0.15, -0.1) is 11.3 Å². The molecule has 3 rings (SSSR count). The summed E-state index contributed by atoms with van der Waals surface area (Å²) >= 11 is 1.68. The van der Waals surface area contributed by atoms with Crippen LogP contribution >= 0.6 is 11.3 Å². The Hall–Kier alpha value is -1.20. The van der Waals surface area contributed by atoms with Gasteiger partial charge in [-0.05, 0) is 43.6 Å². The third-order valence-electron chi connectivity index (χ3n) is 3.81. The van der Waals surface area contributed by atoms with Crippen LogP contribution in [0.1, 0.15) is 24.2 Å². The summed E-state index contributed by atoms with van der Waals surface area (Å²) in [5.41, 5.74) is 1.25. The molecule has 2 heterocycles. The maximum absolute atomic E-state index is 9.39. The molecule has 1 N–H and O–H groups in total. The summed E-state index contributed by atoms with van der Waals surface area (Å²) in [7, 11) is 2.09. The van der Waals surface area contributed by atoms with Crippen molar-refractivity contribution in [1.82, 2.24) is 9.97 Å². The highest BCUT2D eigenvalue weighted by molar-refractivity contribution is 7.17. The van der Waals surface area contributed by atoms with Crippen molar-refractivity contribution in [1.29, 1.82) is 0 Å². The zero-order valence-electron chi connectivity index (χ0n) is 11.6. The Bertz CT molecular complexity index is 604. The van der Waals surface area contributed by atoms with Crippen molar-refractivity contribution < 1.29 is 5.11 Å². The van der Waals surface area contributed by atoms with Crippen LogP contribution in [0.15, 0.2) is 5.38 Å². The number of hydrogen-bond acceptors (Lipinski definition) is 5.